The molecule has 0 spiro atoms. The molecule has 0 saturated carbocycles. The van der Waals surface area contributed by atoms with Crippen LogP contribution in [-0.2, 0) is 6.54 Å². The third kappa shape index (κ3) is 3.87. The van der Waals surface area contributed by atoms with Crippen molar-refractivity contribution in [2.75, 3.05) is 12.4 Å². The molecule has 0 unspecified atom stereocenters. The molecule has 2 rings (SSSR count). The molecule has 2 nitrogen and oxygen atoms in total. The number of hydrogen-bond donors (Lipinski definition) is 1. The summed E-state index contributed by atoms with van der Waals surface area (Å²) in [6.07, 6.45) is 0. The van der Waals surface area contributed by atoms with E-state index < -0.39 is 0 Å². The molecule has 20 heavy (non-hydrogen) atoms. The van der Waals surface area contributed by atoms with Gasteiger partial charge in [-0.15, -0.1) is 0 Å². The molecule has 0 aromatic heterocycles. The van der Waals surface area contributed by atoms with E-state index in [1.54, 1.807) is 13.2 Å². The number of nitrogens with one attached hydrogen (secondary N) is 1. The Bertz CT molecular complexity index is 593. The lowest BCUT2D eigenvalue weighted by molar-refractivity contribution is 0.409. The summed E-state index contributed by atoms with van der Waals surface area (Å²) >= 11 is 12.7. The maximum atomic E-state index is 13.2. The van der Waals surface area contributed by atoms with E-state index in [0.717, 1.165) is 20.3 Å². The normalized spacial score (nSPS) is 10.4. The zero-order valence-electron chi connectivity index (χ0n) is 10.5. The summed E-state index contributed by atoms with van der Waals surface area (Å²) in [7, 11) is 1.61. The molecule has 1 N–H and O–H groups in total. The van der Waals surface area contributed by atoms with Crippen LogP contribution in [0.3, 0.4) is 0 Å². The fourth-order valence-corrected chi connectivity index (χ4v) is 3.60. The molecular weight excluding hydrogens is 412 g/mol. The third-order valence-corrected chi connectivity index (χ3v) is 4.02. The fourth-order valence-electron chi connectivity index (χ4n) is 1.77. The van der Waals surface area contributed by atoms with Gasteiger partial charge in [-0.2, -0.15) is 0 Å². The molecule has 0 fully saturated rings. The van der Waals surface area contributed by atoms with Gasteiger partial charge in [-0.05, 0) is 67.8 Å². The summed E-state index contributed by atoms with van der Waals surface area (Å²) in [5.74, 6) is 0.375. The van der Waals surface area contributed by atoms with Crippen LogP contribution in [0.2, 0.25) is 5.02 Å². The molecule has 0 saturated heterocycles. The molecular formula is C14H11Br2ClFNO. The van der Waals surface area contributed by atoms with Crippen molar-refractivity contribution in [2.45, 2.75) is 6.54 Å². The molecule has 0 atom stereocenters. The van der Waals surface area contributed by atoms with Gasteiger partial charge in [0.05, 0.1) is 16.1 Å². The van der Waals surface area contributed by atoms with Crippen LogP contribution in [-0.4, -0.2) is 7.11 Å². The molecule has 2 aromatic carbocycles. The highest BCUT2D eigenvalue weighted by Crippen LogP contribution is 2.34. The van der Waals surface area contributed by atoms with Crippen LogP contribution < -0.4 is 10.1 Å². The lowest BCUT2D eigenvalue weighted by Gasteiger charge is -2.11. The highest BCUT2D eigenvalue weighted by molar-refractivity contribution is 9.11. The summed E-state index contributed by atoms with van der Waals surface area (Å²) in [5, 5.41) is 3.49. The van der Waals surface area contributed by atoms with Crippen molar-refractivity contribution in [2.24, 2.45) is 0 Å². The first-order valence-corrected chi connectivity index (χ1v) is 7.68. The van der Waals surface area contributed by atoms with Crippen molar-refractivity contribution in [3.8, 4) is 5.75 Å². The number of anilines is 1. The van der Waals surface area contributed by atoms with Crippen LogP contribution in [0.1, 0.15) is 5.56 Å². The average Bonchev–Trinajstić information content (AvgIpc) is 2.35. The Morgan fingerprint density at radius 3 is 2.35 bits per heavy atom. The second kappa shape index (κ2) is 6.78. The van der Waals surface area contributed by atoms with Crippen LogP contribution in [0.15, 0.2) is 39.3 Å². The van der Waals surface area contributed by atoms with E-state index in [-0.39, 0.29) is 5.82 Å². The summed E-state index contributed by atoms with van der Waals surface area (Å²) in [5.41, 5.74) is 1.66. The van der Waals surface area contributed by atoms with E-state index in [4.69, 9.17) is 16.3 Å². The van der Waals surface area contributed by atoms with Gasteiger partial charge < -0.3 is 10.1 Å². The molecule has 0 aliphatic rings. The summed E-state index contributed by atoms with van der Waals surface area (Å²) in [6, 6.07) is 8.24. The zero-order valence-corrected chi connectivity index (χ0v) is 14.4. The van der Waals surface area contributed by atoms with Crippen molar-refractivity contribution in [1.29, 1.82) is 0 Å². The van der Waals surface area contributed by atoms with Crippen molar-refractivity contribution < 1.29 is 9.13 Å². The predicted molar refractivity (Wildman–Crippen MR) is 87.1 cm³/mol. The van der Waals surface area contributed by atoms with Gasteiger partial charge in [0.15, 0.2) is 0 Å². The average molecular weight is 424 g/mol. The molecule has 0 heterocycles. The van der Waals surface area contributed by atoms with E-state index in [2.05, 4.69) is 37.2 Å². The minimum Gasteiger partial charge on any atom is -0.494 e. The summed E-state index contributed by atoms with van der Waals surface area (Å²) in [6.45, 7) is 0.543. The maximum Gasteiger partial charge on any atom is 0.147 e. The van der Waals surface area contributed by atoms with E-state index >= 15 is 0 Å². The summed E-state index contributed by atoms with van der Waals surface area (Å²) < 4.78 is 20.2. The quantitative estimate of drug-likeness (QED) is 0.689. The van der Waals surface area contributed by atoms with Gasteiger partial charge in [0.1, 0.15) is 11.6 Å². The van der Waals surface area contributed by atoms with Gasteiger partial charge in [0.25, 0.3) is 0 Å². The monoisotopic (exact) mass is 421 g/mol. The van der Waals surface area contributed by atoms with Crippen molar-refractivity contribution in [3.05, 3.63) is 55.7 Å². The third-order valence-electron chi connectivity index (χ3n) is 2.62. The molecule has 0 aliphatic carbocycles. The Labute approximate surface area is 138 Å². The zero-order chi connectivity index (χ0) is 14.7. The van der Waals surface area contributed by atoms with Gasteiger partial charge in [-0.25, -0.2) is 4.39 Å². The molecule has 0 radical (unpaired) electrons. The van der Waals surface area contributed by atoms with E-state index in [9.17, 15) is 4.39 Å². The lowest BCUT2D eigenvalue weighted by Crippen LogP contribution is -2.00. The molecule has 0 bridgehead atoms. The number of halogens is 4. The highest BCUT2D eigenvalue weighted by Gasteiger charge is 2.08. The van der Waals surface area contributed by atoms with E-state index in [1.807, 2.05) is 12.1 Å². The van der Waals surface area contributed by atoms with Crippen molar-refractivity contribution in [3.63, 3.8) is 0 Å². The van der Waals surface area contributed by atoms with Gasteiger partial charge in [0, 0.05) is 17.3 Å². The van der Waals surface area contributed by atoms with Gasteiger partial charge in [0.2, 0.25) is 0 Å². The van der Waals surface area contributed by atoms with Gasteiger partial charge in [-0.1, -0.05) is 11.6 Å². The Balaban J connectivity index is 2.15. The second-order valence-corrected chi connectivity index (χ2v) is 6.25. The SMILES string of the molecule is COc1c(Br)cc(CNc2cc(F)cc(Cl)c2)cc1Br. The van der Waals surface area contributed by atoms with Crippen LogP contribution >= 0.6 is 43.5 Å². The minimum absolute atomic E-state index is 0.364. The topological polar surface area (TPSA) is 21.3 Å². The highest BCUT2D eigenvalue weighted by atomic mass is 79.9. The number of hydrogen-bond acceptors (Lipinski definition) is 2. The minimum atomic E-state index is -0.364. The standard InChI is InChI=1S/C14H11Br2ClFNO/c1-20-14-12(15)2-8(3-13(14)16)7-19-11-5-9(17)4-10(18)6-11/h2-6,19H,7H2,1H3. The smallest absolute Gasteiger partial charge is 0.147 e. The molecule has 106 valence electrons. The van der Waals surface area contributed by atoms with Crippen LogP contribution in [0.4, 0.5) is 10.1 Å². The van der Waals surface area contributed by atoms with Gasteiger partial charge in [-0.3, -0.25) is 0 Å². The number of ether oxygens (including phenoxy) is 1. The van der Waals surface area contributed by atoms with Crippen LogP contribution in [0.25, 0.3) is 0 Å². The van der Waals surface area contributed by atoms with Crippen molar-refractivity contribution in [1.82, 2.24) is 0 Å². The Kier molecular flexibility index (Phi) is 5.29. The lowest BCUT2D eigenvalue weighted by atomic mass is 10.2. The largest absolute Gasteiger partial charge is 0.494 e. The van der Waals surface area contributed by atoms with E-state index in [1.165, 1.54) is 12.1 Å². The van der Waals surface area contributed by atoms with Crippen LogP contribution in [0.5, 0.6) is 5.75 Å². The Morgan fingerprint density at radius 1 is 1.15 bits per heavy atom. The maximum absolute atomic E-state index is 13.2. The number of benzene rings is 2. The predicted octanol–water partition coefficient (Wildman–Crippen LogP) is 5.62. The molecule has 0 amide bonds. The fraction of sp³-hybridized carbons (Fsp3) is 0.143. The Morgan fingerprint density at radius 2 is 1.80 bits per heavy atom. The van der Waals surface area contributed by atoms with Crippen LogP contribution in [0, 0.1) is 5.82 Å². The first-order chi connectivity index (χ1) is 9.49. The Hall–Kier alpha value is -0.780. The summed E-state index contributed by atoms with van der Waals surface area (Å²) in [4.78, 5) is 0. The molecule has 2 aromatic rings. The second-order valence-electron chi connectivity index (χ2n) is 4.10. The van der Waals surface area contributed by atoms with Gasteiger partial charge >= 0.3 is 0 Å². The number of rotatable bonds is 4. The molecule has 0 aliphatic heterocycles. The van der Waals surface area contributed by atoms with Crippen molar-refractivity contribution >= 4 is 49.1 Å². The first-order valence-electron chi connectivity index (χ1n) is 5.71. The molecule has 6 heteroatoms. The van der Waals surface area contributed by atoms with E-state index in [0.29, 0.717) is 17.3 Å². The number of methoxy groups -OCH3 is 1. The first kappa shape index (κ1) is 15.6.